The Morgan fingerprint density at radius 3 is 1.74 bits per heavy atom. The minimum absolute atomic E-state index is 0.183. The SMILES string of the molecule is CCC(=O)N[C@H](C(=O)N[C@@H](Cc1ccc(-c2cnn(C(F)F)c2)cc1)[C@@H](O)CN(Cc1c(F)cc(/C(C=N)=C/NC(F)F)cc1F)NC(=O)[C@@H](NC(=O)CC)C(C)(C)C(F)(F)F)C(C)(C)C(F)(F)F. The standard InChI is InChI=1S/C43H51F12N9O5/c1-7-32(66)60-34(40(3,4)42(50,51)52)36(68)59-30(13-22-9-11-23(12-10-22)26-18-58-64(19-26)39(48)49)31(65)21-63(62-37(69)35(61-33(67)8-2)41(5,6)43(53,54)55)20-27-28(44)14-24(15-29(27)45)25(16-56)17-57-38(46)47/h9-12,14-19,30-31,34-35,38-39,56-57,65H,7-8,13,20-21H2,1-6H3,(H,59,68)(H,60,66)(H,61,67)(H,62,69)/b25-17+,56-16?/t30-,31-,34+,35+/m0/s1. The van der Waals surface area contributed by atoms with E-state index in [1.807, 2.05) is 16.1 Å². The van der Waals surface area contributed by atoms with Crippen LogP contribution >= 0.6 is 0 Å². The van der Waals surface area contributed by atoms with Crippen molar-refractivity contribution in [1.29, 1.82) is 5.41 Å². The zero-order valence-electron chi connectivity index (χ0n) is 37.7. The summed E-state index contributed by atoms with van der Waals surface area (Å²) < 4.78 is 171. The number of carbonyl (C=O) groups excluding carboxylic acids is 4. The van der Waals surface area contributed by atoms with Gasteiger partial charge in [0.1, 0.15) is 23.7 Å². The van der Waals surface area contributed by atoms with E-state index in [2.05, 4.69) is 10.4 Å². The summed E-state index contributed by atoms with van der Waals surface area (Å²) in [6, 6.07) is 0.00394. The average molecular weight is 1000 g/mol. The Labute approximate surface area is 387 Å². The van der Waals surface area contributed by atoms with Gasteiger partial charge in [-0.2, -0.15) is 49.0 Å². The molecule has 14 nitrogen and oxygen atoms in total. The number of hydrazine groups is 1. The Morgan fingerprint density at radius 2 is 1.30 bits per heavy atom. The molecule has 4 amide bonds. The topological polar surface area (TPSA) is 194 Å². The number of alkyl halides is 10. The maximum absolute atomic E-state index is 15.9. The molecule has 1 aromatic heterocycles. The molecule has 0 fully saturated rings. The second kappa shape index (κ2) is 23.4. The number of carbonyl (C=O) groups is 4. The van der Waals surface area contributed by atoms with E-state index in [1.54, 1.807) is 5.32 Å². The van der Waals surface area contributed by atoms with Gasteiger partial charge in [-0.25, -0.2) is 18.5 Å². The first-order valence-electron chi connectivity index (χ1n) is 20.8. The molecule has 0 aliphatic rings. The Balaban J connectivity index is 2.22. The van der Waals surface area contributed by atoms with Crippen molar-refractivity contribution >= 4 is 35.4 Å². The van der Waals surface area contributed by atoms with E-state index in [9.17, 15) is 68.2 Å². The number of aliphatic hydroxyl groups is 1. The molecule has 0 aliphatic heterocycles. The van der Waals surface area contributed by atoms with Crippen molar-refractivity contribution in [2.24, 2.45) is 10.8 Å². The molecule has 0 radical (unpaired) electrons. The Kier molecular flexibility index (Phi) is 19.4. The summed E-state index contributed by atoms with van der Waals surface area (Å²) in [5.74, 6) is -8.19. The number of benzene rings is 2. The van der Waals surface area contributed by atoms with Crippen LogP contribution in [0.5, 0.6) is 0 Å². The lowest BCUT2D eigenvalue weighted by molar-refractivity contribution is -0.222. The largest absolute Gasteiger partial charge is 0.396 e. The van der Waals surface area contributed by atoms with E-state index >= 15 is 8.78 Å². The summed E-state index contributed by atoms with van der Waals surface area (Å²) in [5, 5.41) is 31.2. The number of halogens is 12. The van der Waals surface area contributed by atoms with E-state index in [0.717, 1.165) is 12.4 Å². The van der Waals surface area contributed by atoms with Gasteiger partial charge in [0.05, 0.1) is 29.2 Å². The lowest BCUT2D eigenvalue weighted by atomic mass is 9.82. The van der Waals surface area contributed by atoms with Gasteiger partial charge in [0.15, 0.2) is 0 Å². The highest BCUT2D eigenvalue weighted by atomic mass is 19.4. The third-order valence-corrected chi connectivity index (χ3v) is 11.0. The fourth-order valence-corrected chi connectivity index (χ4v) is 6.43. The Hall–Kier alpha value is -6.18. The van der Waals surface area contributed by atoms with Gasteiger partial charge in [-0.15, -0.1) is 0 Å². The highest BCUT2D eigenvalue weighted by Crippen LogP contribution is 2.42. The normalized spacial score (nSPS) is 14.6. The number of amides is 4. The number of hydrogen-bond donors (Lipinski definition) is 7. The molecule has 7 N–H and O–H groups in total. The van der Waals surface area contributed by atoms with Crippen LogP contribution in [0.1, 0.15) is 77.6 Å². The van der Waals surface area contributed by atoms with Crippen molar-refractivity contribution in [3.05, 3.63) is 83.3 Å². The van der Waals surface area contributed by atoms with Gasteiger partial charge in [0.25, 0.3) is 5.91 Å². The summed E-state index contributed by atoms with van der Waals surface area (Å²) >= 11 is 0. The fourth-order valence-electron chi connectivity index (χ4n) is 6.43. The van der Waals surface area contributed by atoms with E-state index in [0.29, 0.717) is 67.5 Å². The molecule has 382 valence electrons. The van der Waals surface area contributed by atoms with Gasteiger partial charge in [-0.05, 0) is 62.9 Å². The van der Waals surface area contributed by atoms with Crippen molar-refractivity contribution in [2.75, 3.05) is 6.54 Å². The first kappa shape index (κ1) is 57.1. The molecule has 3 aromatic rings. The van der Waals surface area contributed by atoms with Crippen LogP contribution in [0.15, 0.2) is 55.0 Å². The van der Waals surface area contributed by atoms with Crippen LogP contribution in [0.25, 0.3) is 16.7 Å². The summed E-state index contributed by atoms with van der Waals surface area (Å²) in [4.78, 5) is 52.8. The van der Waals surface area contributed by atoms with Crippen molar-refractivity contribution in [3.63, 3.8) is 0 Å². The molecule has 1 heterocycles. The van der Waals surface area contributed by atoms with Gasteiger partial charge < -0.3 is 31.8 Å². The third kappa shape index (κ3) is 14.9. The van der Waals surface area contributed by atoms with Crippen LogP contribution < -0.4 is 26.7 Å². The monoisotopic (exact) mass is 1000 g/mol. The molecule has 0 unspecified atom stereocenters. The number of nitrogens with one attached hydrogen (secondary N) is 6. The van der Waals surface area contributed by atoms with E-state index in [-0.39, 0.29) is 17.5 Å². The number of allylic oxidation sites excluding steroid dienone is 1. The van der Waals surface area contributed by atoms with Crippen LogP contribution in [-0.2, 0) is 32.1 Å². The molecule has 0 saturated heterocycles. The quantitative estimate of drug-likeness (QED) is 0.0231. The highest BCUT2D eigenvalue weighted by molar-refractivity contribution is 6.08. The van der Waals surface area contributed by atoms with Crippen molar-refractivity contribution < 1.29 is 77.0 Å². The molecule has 26 heteroatoms. The van der Waals surface area contributed by atoms with Gasteiger partial charge in [-0.1, -0.05) is 38.1 Å². The highest BCUT2D eigenvalue weighted by Gasteiger charge is 2.57. The lowest BCUT2D eigenvalue weighted by Crippen LogP contribution is -2.63. The van der Waals surface area contributed by atoms with E-state index in [1.165, 1.54) is 38.1 Å². The molecule has 0 aliphatic carbocycles. The molecular formula is C43H51F12N9O5. The number of hydrogen-bond acceptors (Lipinski definition) is 9. The molecular weight excluding hydrogens is 951 g/mol. The van der Waals surface area contributed by atoms with E-state index < -0.39 is 138 Å². The minimum atomic E-state index is -5.20. The predicted octanol–water partition coefficient (Wildman–Crippen LogP) is 6.91. The minimum Gasteiger partial charge on any atom is -0.390 e. The van der Waals surface area contributed by atoms with Gasteiger partial charge in [0, 0.05) is 61.2 Å². The maximum Gasteiger partial charge on any atom is 0.396 e. The summed E-state index contributed by atoms with van der Waals surface area (Å²) in [6.45, 7) is -3.60. The second-order valence-electron chi connectivity index (χ2n) is 16.7. The first-order chi connectivity index (χ1) is 31.9. The lowest BCUT2D eigenvalue weighted by Gasteiger charge is -2.38. The molecule has 4 atom stereocenters. The second-order valence-corrected chi connectivity index (χ2v) is 16.7. The molecule has 69 heavy (non-hydrogen) atoms. The molecule has 0 bridgehead atoms. The van der Waals surface area contributed by atoms with Gasteiger partial charge in [0.2, 0.25) is 17.7 Å². The Bertz CT molecular complexity index is 2280. The summed E-state index contributed by atoms with van der Waals surface area (Å²) in [6.07, 6.45) is -10.7. The third-order valence-electron chi connectivity index (χ3n) is 11.0. The van der Waals surface area contributed by atoms with Crippen LogP contribution in [0, 0.1) is 27.9 Å². The predicted molar refractivity (Wildman–Crippen MR) is 225 cm³/mol. The van der Waals surface area contributed by atoms with Gasteiger partial charge in [-0.3, -0.25) is 24.6 Å². The van der Waals surface area contributed by atoms with E-state index in [4.69, 9.17) is 5.41 Å². The Morgan fingerprint density at radius 1 is 0.797 bits per heavy atom. The van der Waals surface area contributed by atoms with Crippen LogP contribution in [0.2, 0.25) is 0 Å². The molecule has 0 spiro atoms. The number of rotatable bonds is 23. The summed E-state index contributed by atoms with van der Waals surface area (Å²) in [7, 11) is 0. The number of aliphatic hydroxyl groups excluding tert-OH is 1. The average Bonchev–Trinajstić information content (AvgIpc) is 3.76. The van der Waals surface area contributed by atoms with Crippen LogP contribution in [-0.4, -0.2) is 99.4 Å². The maximum atomic E-state index is 15.9. The van der Waals surface area contributed by atoms with Crippen LogP contribution in [0.3, 0.4) is 0 Å². The van der Waals surface area contributed by atoms with Crippen LogP contribution in [0.4, 0.5) is 52.7 Å². The molecule has 2 aromatic carbocycles. The number of aromatic nitrogens is 2. The van der Waals surface area contributed by atoms with Crippen molar-refractivity contribution in [1.82, 2.24) is 41.5 Å². The smallest absolute Gasteiger partial charge is 0.390 e. The number of nitrogens with zero attached hydrogens (tertiary/aromatic N) is 3. The van der Waals surface area contributed by atoms with Crippen molar-refractivity contribution in [3.8, 4) is 11.1 Å². The zero-order valence-corrected chi connectivity index (χ0v) is 37.7. The fraction of sp³-hybridized carbons (Fsp3) is 0.488. The molecule has 3 rings (SSSR count). The van der Waals surface area contributed by atoms with Gasteiger partial charge >= 0.3 is 25.5 Å². The van der Waals surface area contributed by atoms with Crippen molar-refractivity contribution in [2.45, 2.75) is 117 Å². The summed E-state index contributed by atoms with van der Waals surface area (Å²) in [5.41, 5.74) is -5.22. The zero-order chi connectivity index (χ0) is 52.4. The first-order valence-corrected chi connectivity index (χ1v) is 20.8. The molecule has 0 saturated carbocycles.